The summed E-state index contributed by atoms with van der Waals surface area (Å²) >= 11 is 0. The monoisotopic (exact) mass is 377 g/mol. The lowest BCUT2D eigenvalue weighted by molar-refractivity contribution is -0.132. The van der Waals surface area contributed by atoms with Crippen molar-refractivity contribution in [3.05, 3.63) is 29.8 Å². The molecule has 2 aliphatic carbocycles. The molecule has 3 fully saturated rings. The number of benzene rings is 1. The molecule has 3 N–H and O–H groups in total. The highest BCUT2D eigenvalue weighted by Gasteiger charge is 2.49. The molecule has 26 heavy (non-hydrogen) atoms. The standard InChI is InChI=1S/C20H27N3O2.ClH/c1-12-4-8-15(9-5-12)23-10-2-3-16(20(23)25)22-19(24)17-13-6-7-14(11-13)18(17)21;/h4-5,8-9,13-14,16-18H,2-3,6-7,10-11,21H2,1H3,(H,22,24);1H. The highest BCUT2D eigenvalue weighted by Crippen LogP contribution is 2.47. The van der Waals surface area contributed by atoms with E-state index >= 15 is 0 Å². The van der Waals surface area contributed by atoms with Crippen LogP contribution in [0.2, 0.25) is 0 Å². The summed E-state index contributed by atoms with van der Waals surface area (Å²) in [6.07, 6.45) is 4.94. The fourth-order valence-corrected chi connectivity index (χ4v) is 4.98. The van der Waals surface area contributed by atoms with E-state index in [2.05, 4.69) is 5.32 Å². The van der Waals surface area contributed by atoms with Gasteiger partial charge in [-0.05, 0) is 63.0 Å². The largest absolute Gasteiger partial charge is 0.344 e. The van der Waals surface area contributed by atoms with E-state index in [4.69, 9.17) is 5.73 Å². The molecule has 1 aromatic rings. The number of piperidine rings is 1. The van der Waals surface area contributed by atoms with Gasteiger partial charge < -0.3 is 16.0 Å². The van der Waals surface area contributed by atoms with Gasteiger partial charge in [0.25, 0.3) is 0 Å². The summed E-state index contributed by atoms with van der Waals surface area (Å²) in [5, 5.41) is 3.03. The van der Waals surface area contributed by atoms with Gasteiger partial charge in [0.05, 0.1) is 5.92 Å². The van der Waals surface area contributed by atoms with Gasteiger partial charge >= 0.3 is 0 Å². The van der Waals surface area contributed by atoms with Crippen LogP contribution in [0.5, 0.6) is 0 Å². The molecule has 1 saturated heterocycles. The molecule has 1 aromatic carbocycles. The van der Waals surface area contributed by atoms with Crippen LogP contribution in [0.15, 0.2) is 24.3 Å². The van der Waals surface area contributed by atoms with Gasteiger partial charge in [0.1, 0.15) is 6.04 Å². The molecule has 2 saturated carbocycles. The van der Waals surface area contributed by atoms with Crippen LogP contribution >= 0.6 is 12.4 Å². The van der Waals surface area contributed by atoms with E-state index in [1.807, 2.05) is 31.2 Å². The molecule has 6 heteroatoms. The van der Waals surface area contributed by atoms with Gasteiger partial charge in [0.2, 0.25) is 11.8 Å². The number of nitrogens with one attached hydrogen (secondary N) is 1. The normalized spacial score (nSPS) is 33.1. The summed E-state index contributed by atoms with van der Waals surface area (Å²) < 4.78 is 0. The highest BCUT2D eigenvalue weighted by atomic mass is 35.5. The number of halogens is 1. The van der Waals surface area contributed by atoms with E-state index in [0.717, 1.165) is 31.4 Å². The van der Waals surface area contributed by atoms with Crippen molar-refractivity contribution < 1.29 is 9.59 Å². The zero-order chi connectivity index (χ0) is 17.6. The molecular formula is C20H28ClN3O2. The molecule has 0 radical (unpaired) electrons. The summed E-state index contributed by atoms with van der Waals surface area (Å²) in [6.45, 7) is 2.74. The number of hydrogen-bond donors (Lipinski definition) is 2. The molecule has 3 aliphatic rings. The first-order valence-electron chi connectivity index (χ1n) is 9.48. The molecule has 2 amide bonds. The average Bonchev–Trinajstić information content (AvgIpc) is 3.19. The Hall–Kier alpha value is -1.59. The van der Waals surface area contributed by atoms with Crippen molar-refractivity contribution in [1.29, 1.82) is 0 Å². The third-order valence-electron chi connectivity index (χ3n) is 6.38. The van der Waals surface area contributed by atoms with Crippen molar-refractivity contribution in [2.45, 2.75) is 51.1 Å². The Morgan fingerprint density at radius 3 is 2.50 bits per heavy atom. The molecule has 142 valence electrons. The first kappa shape index (κ1) is 19.2. The van der Waals surface area contributed by atoms with Crippen LogP contribution in [0.4, 0.5) is 5.69 Å². The smallest absolute Gasteiger partial charge is 0.249 e. The lowest BCUT2D eigenvalue weighted by Crippen LogP contribution is -2.55. The van der Waals surface area contributed by atoms with Gasteiger partial charge in [-0.25, -0.2) is 0 Å². The molecule has 4 rings (SSSR count). The quantitative estimate of drug-likeness (QED) is 0.849. The van der Waals surface area contributed by atoms with Crippen LogP contribution in [0, 0.1) is 24.7 Å². The second-order valence-corrected chi connectivity index (χ2v) is 7.97. The molecule has 5 nitrogen and oxygen atoms in total. The predicted octanol–water partition coefficient (Wildman–Crippen LogP) is 2.40. The van der Waals surface area contributed by atoms with E-state index in [1.54, 1.807) is 4.90 Å². The van der Waals surface area contributed by atoms with Gasteiger partial charge in [-0.2, -0.15) is 0 Å². The zero-order valence-electron chi connectivity index (χ0n) is 15.2. The van der Waals surface area contributed by atoms with Crippen LogP contribution in [0.3, 0.4) is 0 Å². The number of nitrogens with two attached hydrogens (primary N) is 1. The average molecular weight is 378 g/mol. The van der Waals surface area contributed by atoms with Gasteiger partial charge in [0, 0.05) is 18.3 Å². The van der Waals surface area contributed by atoms with E-state index in [1.165, 1.54) is 5.56 Å². The summed E-state index contributed by atoms with van der Waals surface area (Å²) in [5.74, 6) is 0.782. The lowest BCUT2D eigenvalue weighted by atomic mass is 9.84. The summed E-state index contributed by atoms with van der Waals surface area (Å²) in [7, 11) is 0. The number of carbonyl (C=O) groups excluding carboxylic acids is 2. The molecule has 0 spiro atoms. The SMILES string of the molecule is Cc1ccc(N2CCCC(NC(=O)C3C4CCC(C4)C3N)C2=O)cc1.Cl. The Morgan fingerprint density at radius 1 is 1.15 bits per heavy atom. The number of rotatable bonds is 3. The van der Waals surface area contributed by atoms with Crippen LogP contribution in [-0.2, 0) is 9.59 Å². The Kier molecular flexibility index (Phi) is 5.58. The van der Waals surface area contributed by atoms with E-state index < -0.39 is 6.04 Å². The van der Waals surface area contributed by atoms with Crippen molar-refractivity contribution in [1.82, 2.24) is 5.32 Å². The number of nitrogens with zero attached hydrogens (tertiary/aromatic N) is 1. The minimum Gasteiger partial charge on any atom is -0.344 e. The summed E-state index contributed by atoms with van der Waals surface area (Å²) in [5.41, 5.74) is 8.36. The minimum atomic E-state index is -0.422. The Bertz CT molecular complexity index is 676. The Labute approximate surface area is 161 Å². The van der Waals surface area contributed by atoms with Crippen molar-refractivity contribution >= 4 is 29.9 Å². The number of carbonyl (C=O) groups is 2. The van der Waals surface area contributed by atoms with Gasteiger partial charge in [0.15, 0.2) is 0 Å². The molecule has 1 heterocycles. The molecule has 0 aromatic heterocycles. The van der Waals surface area contributed by atoms with Gasteiger partial charge in [-0.1, -0.05) is 17.7 Å². The molecule has 5 unspecified atom stereocenters. The molecule has 1 aliphatic heterocycles. The van der Waals surface area contributed by atoms with E-state index in [-0.39, 0.29) is 36.2 Å². The highest BCUT2D eigenvalue weighted by molar-refractivity contribution is 6.00. The van der Waals surface area contributed by atoms with Crippen molar-refractivity contribution in [2.75, 3.05) is 11.4 Å². The van der Waals surface area contributed by atoms with Crippen LogP contribution < -0.4 is 16.0 Å². The predicted molar refractivity (Wildman–Crippen MR) is 104 cm³/mol. The fraction of sp³-hybridized carbons (Fsp3) is 0.600. The fourth-order valence-electron chi connectivity index (χ4n) is 4.98. The number of anilines is 1. The maximum Gasteiger partial charge on any atom is 0.249 e. The molecular weight excluding hydrogens is 350 g/mol. The molecule has 5 atom stereocenters. The third-order valence-corrected chi connectivity index (χ3v) is 6.38. The zero-order valence-corrected chi connectivity index (χ0v) is 16.0. The molecule has 2 bridgehead atoms. The van der Waals surface area contributed by atoms with Gasteiger partial charge in [-0.15, -0.1) is 12.4 Å². The number of fused-ring (bicyclic) bond motifs is 2. The van der Waals surface area contributed by atoms with Crippen molar-refractivity contribution in [3.8, 4) is 0 Å². The number of amides is 2. The summed E-state index contributed by atoms with van der Waals surface area (Å²) in [6, 6.07) is 7.52. The minimum absolute atomic E-state index is 0. The Balaban J connectivity index is 0.00000196. The van der Waals surface area contributed by atoms with Crippen LogP contribution in [0.25, 0.3) is 0 Å². The van der Waals surface area contributed by atoms with E-state index in [9.17, 15) is 9.59 Å². The second-order valence-electron chi connectivity index (χ2n) is 7.97. The summed E-state index contributed by atoms with van der Waals surface area (Å²) in [4.78, 5) is 27.5. The number of hydrogen-bond acceptors (Lipinski definition) is 3. The third kappa shape index (κ3) is 3.35. The van der Waals surface area contributed by atoms with Gasteiger partial charge in [-0.3, -0.25) is 9.59 Å². The van der Waals surface area contributed by atoms with Crippen molar-refractivity contribution in [3.63, 3.8) is 0 Å². The topological polar surface area (TPSA) is 75.4 Å². The maximum absolute atomic E-state index is 12.9. The first-order valence-corrected chi connectivity index (χ1v) is 9.48. The first-order chi connectivity index (χ1) is 12.0. The van der Waals surface area contributed by atoms with E-state index in [0.29, 0.717) is 24.8 Å². The number of aryl methyl sites for hydroxylation is 1. The van der Waals surface area contributed by atoms with Crippen LogP contribution in [0.1, 0.15) is 37.7 Å². The maximum atomic E-state index is 12.9. The second kappa shape index (κ2) is 7.57. The van der Waals surface area contributed by atoms with Crippen molar-refractivity contribution in [2.24, 2.45) is 23.5 Å². The Morgan fingerprint density at radius 2 is 1.85 bits per heavy atom. The van der Waals surface area contributed by atoms with Crippen LogP contribution in [-0.4, -0.2) is 30.4 Å². The lowest BCUT2D eigenvalue weighted by Gasteiger charge is -2.34.